The van der Waals surface area contributed by atoms with Crippen molar-refractivity contribution in [1.29, 1.82) is 0 Å². The predicted molar refractivity (Wildman–Crippen MR) is 72.4 cm³/mol. The molecule has 0 atom stereocenters. The molecule has 1 fully saturated rings. The number of ether oxygens (including phenoxy) is 1. The quantitative estimate of drug-likeness (QED) is 0.854. The number of hydrogen-bond acceptors (Lipinski definition) is 3. The largest absolute Gasteiger partial charge is 0.484 e. The summed E-state index contributed by atoms with van der Waals surface area (Å²) in [6.45, 7) is 3.93. The molecule has 1 amide bonds. The van der Waals surface area contributed by atoms with Crippen LogP contribution in [0.5, 0.6) is 5.75 Å². The molecule has 2 rings (SSSR count). The smallest absolute Gasteiger partial charge is 0.261 e. The molecular weight excluding hydrogens is 266 g/mol. The van der Waals surface area contributed by atoms with Crippen LogP contribution < -0.4 is 4.74 Å². The number of carbonyl (C=O) groups excluding carboxylic acids is 2. The van der Waals surface area contributed by atoms with Gasteiger partial charge in [-0.05, 0) is 38.1 Å². The van der Waals surface area contributed by atoms with Crippen molar-refractivity contribution in [3.8, 4) is 5.75 Å². The number of rotatable bonds is 3. The fourth-order valence-corrected chi connectivity index (χ4v) is 2.27. The summed E-state index contributed by atoms with van der Waals surface area (Å²) in [5, 5.41) is 0.616. The highest BCUT2D eigenvalue weighted by Gasteiger charge is 2.42. The van der Waals surface area contributed by atoms with E-state index in [2.05, 4.69) is 0 Å². The van der Waals surface area contributed by atoms with E-state index in [9.17, 15) is 9.59 Å². The van der Waals surface area contributed by atoms with Gasteiger partial charge in [0.05, 0.1) is 5.54 Å². The second-order valence-electron chi connectivity index (χ2n) is 5.02. The molecule has 0 aromatic heterocycles. The number of carbonyl (C=O) groups is 2. The Hall–Kier alpha value is -1.55. The van der Waals surface area contributed by atoms with Crippen LogP contribution in [0.25, 0.3) is 0 Å². The lowest BCUT2D eigenvalue weighted by molar-refractivity contribution is -0.140. The summed E-state index contributed by atoms with van der Waals surface area (Å²) >= 11 is 5.76. The number of ketones is 1. The first kappa shape index (κ1) is 13.9. The molecular formula is C14H16ClNO3. The minimum absolute atomic E-state index is 0.0711. The highest BCUT2D eigenvalue weighted by atomic mass is 35.5. The van der Waals surface area contributed by atoms with Gasteiger partial charge in [0, 0.05) is 18.0 Å². The molecule has 1 saturated heterocycles. The van der Waals surface area contributed by atoms with E-state index in [1.165, 1.54) is 0 Å². The zero-order valence-electron chi connectivity index (χ0n) is 11.0. The Morgan fingerprint density at radius 1 is 1.37 bits per heavy atom. The van der Waals surface area contributed by atoms with Gasteiger partial charge in [-0.15, -0.1) is 0 Å². The number of Topliss-reactive ketones (excluding diaryl/α,β-unsaturated/α-hetero) is 1. The Morgan fingerprint density at radius 3 is 2.53 bits per heavy atom. The van der Waals surface area contributed by atoms with Crippen LogP contribution in [0, 0.1) is 0 Å². The second-order valence-corrected chi connectivity index (χ2v) is 5.46. The molecule has 0 radical (unpaired) electrons. The molecule has 102 valence electrons. The van der Waals surface area contributed by atoms with Crippen molar-refractivity contribution in [3.63, 3.8) is 0 Å². The van der Waals surface area contributed by atoms with Gasteiger partial charge >= 0.3 is 0 Å². The normalized spacial score (nSPS) is 17.6. The van der Waals surface area contributed by atoms with Crippen LogP contribution in [0.2, 0.25) is 5.02 Å². The van der Waals surface area contributed by atoms with Gasteiger partial charge < -0.3 is 9.64 Å². The van der Waals surface area contributed by atoms with Crippen LogP contribution in [0.1, 0.15) is 20.3 Å². The maximum absolute atomic E-state index is 12.1. The van der Waals surface area contributed by atoms with Crippen LogP contribution in [0.15, 0.2) is 24.3 Å². The third-order valence-corrected chi connectivity index (χ3v) is 3.65. The molecule has 1 aromatic rings. The second kappa shape index (κ2) is 5.21. The van der Waals surface area contributed by atoms with E-state index in [0.29, 0.717) is 23.7 Å². The number of halogens is 1. The molecule has 4 nitrogen and oxygen atoms in total. The molecule has 19 heavy (non-hydrogen) atoms. The first-order chi connectivity index (χ1) is 8.91. The average molecular weight is 282 g/mol. The molecule has 0 spiro atoms. The molecule has 0 saturated carbocycles. The van der Waals surface area contributed by atoms with E-state index < -0.39 is 5.54 Å². The molecule has 0 bridgehead atoms. The van der Waals surface area contributed by atoms with Gasteiger partial charge in [0.25, 0.3) is 5.91 Å². The average Bonchev–Trinajstić information content (AvgIpc) is 2.63. The summed E-state index contributed by atoms with van der Waals surface area (Å²) < 4.78 is 5.40. The number of amides is 1. The van der Waals surface area contributed by atoms with Crippen LogP contribution in [-0.2, 0) is 9.59 Å². The summed E-state index contributed by atoms with van der Waals surface area (Å²) in [6, 6.07) is 6.81. The lowest BCUT2D eigenvalue weighted by Crippen LogP contribution is -2.48. The van der Waals surface area contributed by atoms with E-state index in [1.807, 2.05) is 0 Å². The first-order valence-electron chi connectivity index (χ1n) is 6.13. The van der Waals surface area contributed by atoms with E-state index in [-0.39, 0.29) is 18.3 Å². The lowest BCUT2D eigenvalue weighted by atomic mass is 10.0. The zero-order valence-corrected chi connectivity index (χ0v) is 11.7. The molecule has 1 aliphatic heterocycles. The molecule has 0 unspecified atom stereocenters. The Bertz CT molecular complexity index is 496. The van der Waals surface area contributed by atoms with Crippen molar-refractivity contribution in [2.45, 2.75) is 25.8 Å². The molecule has 1 heterocycles. The van der Waals surface area contributed by atoms with E-state index in [0.717, 1.165) is 0 Å². The molecule has 0 N–H and O–H groups in total. The fraction of sp³-hybridized carbons (Fsp3) is 0.429. The third kappa shape index (κ3) is 2.89. The Labute approximate surface area is 117 Å². The topological polar surface area (TPSA) is 46.6 Å². The van der Waals surface area contributed by atoms with Crippen LogP contribution in [0.4, 0.5) is 0 Å². The Morgan fingerprint density at radius 2 is 2.00 bits per heavy atom. The van der Waals surface area contributed by atoms with Crippen molar-refractivity contribution >= 4 is 23.3 Å². The van der Waals surface area contributed by atoms with Crippen molar-refractivity contribution < 1.29 is 14.3 Å². The van der Waals surface area contributed by atoms with Gasteiger partial charge in [-0.25, -0.2) is 0 Å². The maximum Gasteiger partial charge on any atom is 0.261 e. The van der Waals surface area contributed by atoms with E-state index in [1.54, 1.807) is 43.0 Å². The highest BCUT2D eigenvalue weighted by Crippen LogP contribution is 2.25. The minimum atomic E-state index is -0.722. The Kier molecular flexibility index (Phi) is 3.80. The summed E-state index contributed by atoms with van der Waals surface area (Å²) in [4.78, 5) is 25.3. The van der Waals surface area contributed by atoms with Crippen LogP contribution in [-0.4, -0.2) is 35.3 Å². The van der Waals surface area contributed by atoms with Gasteiger partial charge in [0.1, 0.15) is 5.75 Å². The van der Waals surface area contributed by atoms with Crippen LogP contribution in [0.3, 0.4) is 0 Å². The molecule has 1 aromatic carbocycles. The minimum Gasteiger partial charge on any atom is -0.484 e. The van der Waals surface area contributed by atoms with Crippen molar-refractivity contribution in [3.05, 3.63) is 29.3 Å². The van der Waals surface area contributed by atoms with Crippen LogP contribution >= 0.6 is 11.6 Å². The summed E-state index contributed by atoms with van der Waals surface area (Å²) in [5.74, 6) is 0.499. The Balaban J connectivity index is 1.95. The standard InChI is InChI=1S/C14H16ClNO3/c1-14(2)12(17)7-8-16(14)13(18)9-19-11-5-3-10(15)4-6-11/h3-6H,7-9H2,1-2H3. The van der Waals surface area contributed by atoms with Crippen molar-refractivity contribution in [1.82, 2.24) is 4.90 Å². The van der Waals surface area contributed by atoms with Gasteiger partial charge in [0.2, 0.25) is 0 Å². The zero-order chi connectivity index (χ0) is 14.0. The van der Waals surface area contributed by atoms with Gasteiger partial charge in [0.15, 0.2) is 12.4 Å². The first-order valence-corrected chi connectivity index (χ1v) is 6.51. The fourth-order valence-electron chi connectivity index (χ4n) is 2.14. The third-order valence-electron chi connectivity index (χ3n) is 3.40. The lowest BCUT2D eigenvalue weighted by Gasteiger charge is -2.29. The summed E-state index contributed by atoms with van der Waals surface area (Å²) in [5.41, 5.74) is -0.722. The summed E-state index contributed by atoms with van der Waals surface area (Å²) in [6.07, 6.45) is 0.416. The van der Waals surface area contributed by atoms with E-state index in [4.69, 9.17) is 16.3 Å². The molecule has 0 aliphatic carbocycles. The summed E-state index contributed by atoms with van der Waals surface area (Å²) in [7, 11) is 0. The van der Waals surface area contributed by atoms with Crippen molar-refractivity contribution in [2.75, 3.05) is 13.2 Å². The van der Waals surface area contributed by atoms with Gasteiger partial charge in [-0.1, -0.05) is 11.6 Å². The van der Waals surface area contributed by atoms with Gasteiger partial charge in [-0.3, -0.25) is 9.59 Å². The monoisotopic (exact) mass is 281 g/mol. The maximum atomic E-state index is 12.1. The number of benzene rings is 1. The number of hydrogen-bond donors (Lipinski definition) is 0. The SMILES string of the molecule is CC1(C)C(=O)CCN1C(=O)COc1ccc(Cl)cc1. The molecule has 5 heteroatoms. The number of likely N-dealkylation sites (tertiary alicyclic amines) is 1. The van der Waals surface area contributed by atoms with E-state index >= 15 is 0 Å². The molecule has 1 aliphatic rings. The van der Waals surface area contributed by atoms with Crippen molar-refractivity contribution in [2.24, 2.45) is 0 Å². The predicted octanol–water partition coefficient (Wildman–Crippen LogP) is 2.30. The number of nitrogens with zero attached hydrogens (tertiary/aromatic N) is 1. The van der Waals surface area contributed by atoms with Gasteiger partial charge in [-0.2, -0.15) is 0 Å². The highest BCUT2D eigenvalue weighted by molar-refractivity contribution is 6.30.